The molecular formula is C30H36ClN3O4. The molecule has 3 fully saturated rings. The van der Waals surface area contributed by atoms with Crippen molar-refractivity contribution in [2.24, 2.45) is 11.8 Å². The highest BCUT2D eigenvalue weighted by Gasteiger charge is 2.72. The minimum absolute atomic E-state index is 0.122. The number of benzene rings is 1. The molecule has 7 nitrogen and oxygen atoms in total. The number of halogens is 1. The summed E-state index contributed by atoms with van der Waals surface area (Å²) in [5.74, 6) is -2.02. The van der Waals surface area contributed by atoms with Crippen LogP contribution in [0.2, 0.25) is 5.02 Å². The van der Waals surface area contributed by atoms with Gasteiger partial charge in [0.05, 0.1) is 17.9 Å². The summed E-state index contributed by atoms with van der Waals surface area (Å²) in [6.07, 6.45) is 16.0. The van der Waals surface area contributed by atoms with Crippen molar-refractivity contribution in [2.45, 2.75) is 88.0 Å². The molecule has 1 spiro atoms. The molecule has 0 aromatic heterocycles. The van der Waals surface area contributed by atoms with E-state index < -0.39 is 29.6 Å². The molecule has 2 bridgehead atoms. The molecule has 0 radical (unpaired) electrons. The fourth-order valence-electron chi connectivity index (χ4n) is 7.19. The summed E-state index contributed by atoms with van der Waals surface area (Å²) in [5, 5.41) is 6.77. The van der Waals surface area contributed by atoms with E-state index in [2.05, 4.69) is 16.7 Å². The van der Waals surface area contributed by atoms with Crippen LogP contribution in [0.5, 0.6) is 0 Å². The predicted molar refractivity (Wildman–Crippen MR) is 145 cm³/mol. The molecule has 1 aromatic carbocycles. The zero-order chi connectivity index (χ0) is 26.3. The van der Waals surface area contributed by atoms with Gasteiger partial charge in [-0.05, 0) is 69.2 Å². The highest BCUT2D eigenvalue weighted by atomic mass is 35.5. The van der Waals surface area contributed by atoms with Crippen molar-refractivity contribution in [2.75, 3.05) is 11.9 Å². The lowest BCUT2D eigenvalue weighted by atomic mass is 9.74. The average Bonchev–Trinajstić information content (AvgIpc) is 3.57. The molecular weight excluding hydrogens is 502 g/mol. The number of carbonyl (C=O) groups excluding carboxylic acids is 3. The van der Waals surface area contributed by atoms with Crippen LogP contribution in [0, 0.1) is 11.8 Å². The Morgan fingerprint density at radius 1 is 1.05 bits per heavy atom. The van der Waals surface area contributed by atoms with Crippen LogP contribution in [-0.2, 0) is 19.1 Å². The third kappa shape index (κ3) is 4.58. The van der Waals surface area contributed by atoms with Crippen LogP contribution in [0.3, 0.4) is 0 Å². The number of ether oxygens (including phenoxy) is 1. The SMILES string of the molecule is O=C(Nc1ccc(Cl)cc1)[C@H]1[C@@H]2C=C[C@]3(O2)[C@@H]1C(=O)N(CCC1=CCCCC1)[C@H]3C(=O)NC1CCCCC1. The van der Waals surface area contributed by atoms with Crippen LogP contribution in [-0.4, -0.2) is 53.0 Å². The van der Waals surface area contributed by atoms with Crippen LogP contribution in [0.15, 0.2) is 48.1 Å². The van der Waals surface area contributed by atoms with E-state index >= 15 is 0 Å². The maximum absolute atomic E-state index is 14.1. The molecule has 2 N–H and O–H groups in total. The van der Waals surface area contributed by atoms with E-state index in [9.17, 15) is 14.4 Å². The minimum atomic E-state index is -1.12. The summed E-state index contributed by atoms with van der Waals surface area (Å²) in [4.78, 5) is 43.2. The predicted octanol–water partition coefficient (Wildman–Crippen LogP) is 4.77. The first-order chi connectivity index (χ1) is 18.5. The van der Waals surface area contributed by atoms with Crippen LogP contribution in [0.1, 0.15) is 64.2 Å². The van der Waals surface area contributed by atoms with Crippen molar-refractivity contribution >= 4 is 35.0 Å². The van der Waals surface area contributed by atoms with Gasteiger partial charge in [-0.2, -0.15) is 0 Å². The number of likely N-dealkylation sites (tertiary alicyclic amines) is 1. The second-order valence-electron chi connectivity index (χ2n) is 11.4. The fourth-order valence-corrected chi connectivity index (χ4v) is 7.32. The first-order valence-electron chi connectivity index (χ1n) is 14.2. The molecule has 3 amide bonds. The lowest BCUT2D eigenvalue weighted by Crippen LogP contribution is -2.56. The maximum Gasteiger partial charge on any atom is 0.246 e. The van der Waals surface area contributed by atoms with Gasteiger partial charge in [0.25, 0.3) is 0 Å². The number of fused-ring (bicyclic) bond motifs is 1. The van der Waals surface area contributed by atoms with Crippen LogP contribution in [0.4, 0.5) is 5.69 Å². The Labute approximate surface area is 229 Å². The topological polar surface area (TPSA) is 87.7 Å². The molecule has 202 valence electrons. The van der Waals surface area contributed by atoms with Crippen LogP contribution in [0.25, 0.3) is 0 Å². The molecule has 38 heavy (non-hydrogen) atoms. The summed E-state index contributed by atoms with van der Waals surface area (Å²) in [5.41, 5.74) is 0.838. The van der Waals surface area contributed by atoms with Crippen molar-refractivity contribution in [1.29, 1.82) is 0 Å². The number of nitrogens with one attached hydrogen (secondary N) is 2. The Morgan fingerprint density at radius 3 is 2.58 bits per heavy atom. The van der Waals surface area contributed by atoms with Crippen molar-refractivity contribution in [1.82, 2.24) is 10.2 Å². The van der Waals surface area contributed by atoms with Crippen LogP contribution >= 0.6 is 11.6 Å². The number of nitrogens with zero attached hydrogens (tertiary/aromatic N) is 1. The van der Waals surface area contributed by atoms with Gasteiger partial charge in [0.2, 0.25) is 17.7 Å². The molecule has 6 rings (SSSR count). The van der Waals surface area contributed by atoms with E-state index in [1.165, 1.54) is 24.8 Å². The van der Waals surface area contributed by atoms with Crippen molar-refractivity contribution < 1.29 is 19.1 Å². The number of anilines is 1. The smallest absolute Gasteiger partial charge is 0.246 e. The van der Waals surface area contributed by atoms with E-state index in [0.717, 1.165) is 44.9 Å². The molecule has 0 unspecified atom stereocenters. The molecule has 2 aliphatic carbocycles. The van der Waals surface area contributed by atoms with Crippen LogP contribution < -0.4 is 10.6 Å². The molecule has 1 aromatic rings. The van der Waals surface area contributed by atoms with E-state index in [-0.39, 0.29) is 23.8 Å². The Kier molecular flexibility index (Phi) is 7.08. The molecule has 8 heteroatoms. The van der Waals surface area contributed by atoms with E-state index in [1.54, 1.807) is 29.2 Å². The first kappa shape index (κ1) is 25.6. The first-order valence-corrected chi connectivity index (χ1v) is 14.6. The number of amides is 3. The van der Waals surface area contributed by atoms with Gasteiger partial charge in [-0.1, -0.05) is 54.7 Å². The number of rotatable bonds is 7. The molecule has 3 aliphatic heterocycles. The molecule has 2 saturated heterocycles. The number of hydrogen-bond acceptors (Lipinski definition) is 4. The molecule has 5 atom stereocenters. The highest BCUT2D eigenvalue weighted by Crippen LogP contribution is 2.55. The Hall–Kier alpha value is -2.64. The van der Waals surface area contributed by atoms with Crippen molar-refractivity contribution in [3.63, 3.8) is 0 Å². The molecule has 1 saturated carbocycles. The Morgan fingerprint density at radius 2 is 1.84 bits per heavy atom. The lowest BCUT2D eigenvalue weighted by molar-refractivity contribution is -0.141. The van der Waals surface area contributed by atoms with Gasteiger partial charge in [0, 0.05) is 23.3 Å². The zero-order valence-corrected chi connectivity index (χ0v) is 22.4. The lowest BCUT2D eigenvalue weighted by Gasteiger charge is -2.34. The average molecular weight is 538 g/mol. The second kappa shape index (κ2) is 10.5. The Bertz CT molecular complexity index is 1160. The summed E-state index contributed by atoms with van der Waals surface area (Å²) < 4.78 is 6.46. The molecule has 5 aliphatic rings. The van der Waals surface area contributed by atoms with Gasteiger partial charge >= 0.3 is 0 Å². The van der Waals surface area contributed by atoms with Crippen molar-refractivity contribution in [3.05, 3.63) is 53.1 Å². The van der Waals surface area contributed by atoms with E-state index in [4.69, 9.17) is 16.3 Å². The second-order valence-corrected chi connectivity index (χ2v) is 11.9. The summed E-state index contributed by atoms with van der Waals surface area (Å²) in [6, 6.07) is 6.24. The Balaban J connectivity index is 1.27. The van der Waals surface area contributed by atoms with Gasteiger partial charge in [-0.25, -0.2) is 0 Å². The summed E-state index contributed by atoms with van der Waals surface area (Å²) in [7, 11) is 0. The van der Waals surface area contributed by atoms with Gasteiger partial charge in [-0.3, -0.25) is 14.4 Å². The monoisotopic (exact) mass is 537 g/mol. The molecule has 3 heterocycles. The third-order valence-electron chi connectivity index (χ3n) is 9.05. The van der Waals surface area contributed by atoms with Gasteiger partial charge < -0.3 is 20.3 Å². The summed E-state index contributed by atoms with van der Waals surface area (Å²) in [6.45, 7) is 0.457. The highest BCUT2D eigenvalue weighted by molar-refractivity contribution is 6.30. The number of carbonyl (C=O) groups is 3. The van der Waals surface area contributed by atoms with E-state index in [1.807, 2.05) is 12.2 Å². The zero-order valence-electron chi connectivity index (χ0n) is 21.7. The fraction of sp³-hybridized carbons (Fsp3) is 0.567. The van der Waals surface area contributed by atoms with Crippen molar-refractivity contribution in [3.8, 4) is 0 Å². The summed E-state index contributed by atoms with van der Waals surface area (Å²) >= 11 is 6.00. The van der Waals surface area contributed by atoms with E-state index in [0.29, 0.717) is 17.3 Å². The number of allylic oxidation sites excluding steroid dienone is 1. The largest absolute Gasteiger partial charge is 0.359 e. The third-order valence-corrected chi connectivity index (χ3v) is 9.30. The normalized spacial score (nSPS) is 32.3. The van der Waals surface area contributed by atoms with Gasteiger partial charge in [0.15, 0.2) is 0 Å². The quantitative estimate of drug-likeness (QED) is 0.490. The minimum Gasteiger partial charge on any atom is -0.359 e. The van der Waals surface area contributed by atoms with Gasteiger partial charge in [0.1, 0.15) is 11.6 Å². The number of hydrogen-bond donors (Lipinski definition) is 2. The standard InChI is InChI=1S/C30H36ClN3O4/c31-20-11-13-22(14-12-20)32-27(35)24-23-15-17-30(38-23)25(24)29(37)34(18-16-19-7-3-1-4-8-19)26(30)28(36)33-21-9-5-2-6-10-21/h7,11-15,17,21,23-26H,1-6,8-10,16,18H2,(H,32,35)(H,33,36)/t23-,24-,25-,26-,30-/m0/s1. The maximum atomic E-state index is 14.1. The van der Waals surface area contributed by atoms with Gasteiger partial charge in [-0.15, -0.1) is 0 Å².